The van der Waals surface area contributed by atoms with Gasteiger partial charge in [0.1, 0.15) is 0 Å². The number of nitrogens with zero attached hydrogens (tertiary/aromatic N) is 1. The summed E-state index contributed by atoms with van der Waals surface area (Å²) in [5, 5.41) is 13.2. The quantitative estimate of drug-likeness (QED) is 0.738. The van der Waals surface area contributed by atoms with Crippen molar-refractivity contribution < 1.29 is 24.2 Å². The minimum absolute atomic E-state index is 0.133. The molecule has 144 valence electrons. The van der Waals surface area contributed by atoms with E-state index < -0.39 is 11.8 Å². The van der Waals surface area contributed by atoms with E-state index in [1.165, 1.54) is 14.2 Å². The average molecular weight is 419 g/mol. The predicted octanol–water partition coefficient (Wildman–Crippen LogP) is 3.46. The summed E-state index contributed by atoms with van der Waals surface area (Å²) < 4.78 is 10.2. The fourth-order valence-electron chi connectivity index (χ4n) is 2.38. The Bertz CT molecular complexity index is 977. The van der Waals surface area contributed by atoms with Crippen LogP contribution < -0.4 is 14.8 Å². The second-order valence-electron chi connectivity index (χ2n) is 5.57. The van der Waals surface area contributed by atoms with Crippen LogP contribution in [0.5, 0.6) is 17.2 Å². The summed E-state index contributed by atoms with van der Waals surface area (Å²) >= 11 is 6.84. The smallest absolute Gasteiger partial charge is 0.279 e. The minimum Gasteiger partial charge on any atom is -0.502 e. The van der Waals surface area contributed by atoms with E-state index in [4.69, 9.17) is 21.1 Å². The Morgan fingerprint density at radius 2 is 1.79 bits per heavy atom. The average Bonchev–Trinajstić information content (AvgIpc) is 3.02. The van der Waals surface area contributed by atoms with E-state index in [1.807, 2.05) is 0 Å². The Balaban J connectivity index is 1.84. The number of phenolic OH excluding ortho intramolecular Hbond substituents is 1. The standard InChI is InChI=1S/C19H15ClN2O5S/c1-26-13-7-10(8-14(27-2)16(13)23)9-15-18(25)22-19(28-15)21-17(24)11-3-5-12(20)6-4-11/h3-9,23H,1-2H3,(H,21,22,24,25)/b15-9-. The highest BCUT2D eigenvalue weighted by molar-refractivity contribution is 8.18. The summed E-state index contributed by atoms with van der Waals surface area (Å²) in [5.74, 6) is -0.596. The molecule has 2 amide bonds. The first-order valence-corrected chi connectivity index (χ1v) is 9.15. The van der Waals surface area contributed by atoms with E-state index in [0.717, 1.165) is 11.8 Å². The van der Waals surface area contributed by atoms with E-state index in [9.17, 15) is 14.7 Å². The van der Waals surface area contributed by atoms with Crippen LogP contribution in [-0.4, -0.2) is 36.3 Å². The van der Waals surface area contributed by atoms with Gasteiger partial charge in [0.25, 0.3) is 11.8 Å². The highest BCUT2D eigenvalue weighted by Crippen LogP contribution is 2.38. The molecule has 0 saturated carbocycles. The molecule has 1 saturated heterocycles. The summed E-state index contributed by atoms with van der Waals surface area (Å²) in [6, 6.07) is 9.42. The van der Waals surface area contributed by atoms with Gasteiger partial charge in [0.05, 0.1) is 19.1 Å². The Labute approximate surface area is 170 Å². The summed E-state index contributed by atoms with van der Waals surface area (Å²) in [6.45, 7) is 0. The van der Waals surface area contributed by atoms with Gasteiger partial charge in [-0.15, -0.1) is 0 Å². The van der Waals surface area contributed by atoms with Crippen molar-refractivity contribution in [2.45, 2.75) is 0 Å². The van der Waals surface area contributed by atoms with Crippen molar-refractivity contribution >= 4 is 46.4 Å². The molecule has 2 N–H and O–H groups in total. The number of benzene rings is 2. The SMILES string of the molecule is COc1cc(/C=C2\SC(=NC(=O)c3ccc(Cl)cc3)NC2=O)cc(OC)c1O. The fourth-order valence-corrected chi connectivity index (χ4v) is 3.32. The Morgan fingerprint density at radius 3 is 2.36 bits per heavy atom. The van der Waals surface area contributed by atoms with E-state index in [0.29, 0.717) is 21.1 Å². The normalized spacial score (nSPS) is 16.3. The monoisotopic (exact) mass is 418 g/mol. The number of methoxy groups -OCH3 is 2. The van der Waals surface area contributed by atoms with Crippen molar-refractivity contribution in [1.29, 1.82) is 0 Å². The molecule has 1 fully saturated rings. The van der Waals surface area contributed by atoms with Gasteiger partial charge in [-0.1, -0.05) is 11.6 Å². The number of phenols is 1. The number of halogens is 1. The lowest BCUT2D eigenvalue weighted by atomic mass is 10.1. The van der Waals surface area contributed by atoms with Crippen molar-refractivity contribution in [1.82, 2.24) is 5.32 Å². The van der Waals surface area contributed by atoms with Gasteiger partial charge in [-0.3, -0.25) is 9.59 Å². The minimum atomic E-state index is -0.492. The largest absolute Gasteiger partial charge is 0.502 e. The second kappa shape index (κ2) is 8.37. The molecule has 1 aliphatic rings. The van der Waals surface area contributed by atoms with Crippen LogP contribution in [0.15, 0.2) is 46.3 Å². The van der Waals surface area contributed by atoms with Crippen molar-refractivity contribution in [3.8, 4) is 17.2 Å². The summed E-state index contributed by atoms with van der Waals surface area (Å²) in [6.07, 6.45) is 1.58. The molecule has 7 nitrogen and oxygen atoms in total. The Hall–Kier alpha value is -2.97. The highest BCUT2D eigenvalue weighted by atomic mass is 35.5. The van der Waals surface area contributed by atoms with Gasteiger partial charge >= 0.3 is 0 Å². The molecule has 1 heterocycles. The van der Waals surface area contributed by atoms with Crippen LogP contribution in [0, 0.1) is 0 Å². The number of hydrogen-bond donors (Lipinski definition) is 2. The third-order valence-corrected chi connectivity index (χ3v) is 4.91. The number of aromatic hydroxyl groups is 1. The fraction of sp³-hybridized carbons (Fsp3) is 0.105. The number of carbonyl (C=O) groups is 2. The number of thioether (sulfide) groups is 1. The first kappa shape index (κ1) is 19.8. The topological polar surface area (TPSA) is 97.2 Å². The molecular weight excluding hydrogens is 404 g/mol. The number of rotatable bonds is 4. The highest BCUT2D eigenvalue weighted by Gasteiger charge is 2.25. The maximum absolute atomic E-state index is 12.2. The first-order valence-electron chi connectivity index (χ1n) is 7.95. The molecular formula is C19H15ClN2O5S. The van der Waals surface area contributed by atoms with Crippen LogP contribution in [0.3, 0.4) is 0 Å². The first-order chi connectivity index (χ1) is 13.4. The summed E-state index contributed by atoms with van der Waals surface area (Å²) in [7, 11) is 2.82. The maximum atomic E-state index is 12.2. The van der Waals surface area contributed by atoms with Crippen LogP contribution in [0.4, 0.5) is 0 Å². The van der Waals surface area contributed by atoms with Gasteiger partial charge in [-0.2, -0.15) is 4.99 Å². The zero-order valence-electron chi connectivity index (χ0n) is 14.9. The summed E-state index contributed by atoms with van der Waals surface area (Å²) in [4.78, 5) is 28.7. The molecule has 9 heteroatoms. The van der Waals surface area contributed by atoms with E-state index >= 15 is 0 Å². The molecule has 0 unspecified atom stereocenters. The van der Waals surface area contributed by atoms with Crippen LogP contribution >= 0.6 is 23.4 Å². The molecule has 0 aromatic heterocycles. The number of carbonyl (C=O) groups excluding carboxylic acids is 2. The van der Waals surface area contributed by atoms with Crippen LogP contribution in [0.1, 0.15) is 15.9 Å². The van der Waals surface area contributed by atoms with E-state index in [-0.39, 0.29) is 22.4 Å². The van der Waals surface area contributed by atoms with Crippen molar-refractivity contribution in [2.75, 3.05) is 14.2 Å². The lowest BCUT2D eigenvalue weighted by molar-refractivity contribution is -0.115. The molecule has 0 bridgehead atoms. The molecule has 2 aromatic carbocycles. The summed E-state index contributed by atoms with van der Waals surface area (Å²) in [5.41, 5.74) is 0.937. The number of aliphatic imine (C=N–C) groups is 1. The van der Waals surface area contributed by atoms with Gasteiger partial charge in [-0.05, 0) is 59.8 Å². The lowest BCUT2D eigenvalue weighted by Crippen LogP contribution is -2.20. The molecule has 0 spiro atoms. The lowest BCUT2D eigenvalue weighted by Gasteiger charge is -2.09. The van der Waals surface area contributed by atoms with Crippen LogP contribution in [0.2, 0.25) is 5.02 Å². The molecule has 3 rings (SSSR count). The molecule has 0 radical (unpaired) electrons. The molecule has 2 aromatic rings. The second-order valence-corrected chi connectivity index (χ2v) is 7.03. The van der Waals surface area contributed by atoms with Gasteiger partial charge < -0.3 is 19.9 Å². The zero-order valence-corrected chi connectivity index (χ0v) is 16.4. The van der Waals surface area contributed by atoms with Crippen LogP contribution in [-0.2, 0) is 4.79 Å². The molecule has 1 aliphatic heterocycles. The molecule has 0 aliphatic carbocycles. The molecule has 28 heavy (non-hydrogen) atoms. The number of hydrogen-bond acceptors (Lipinski definition) is 6. The number of amides is 2. The third-order valence-electron chi connectivity index (χ3n) is 3.75. The van der Waals surface area contributed by atoms with Crippen molar-refractivity contribution in [3.05, 3.63) is 57.5 Å². The number of amidine groups is 1. The van der Waals surface area contributed by atoms with E-state index in [2.05, 4.69) is 10.3 Å². The van der Waals surface area contributed by atoms with Crippen LogP contribution in [0.25, 0.3) is 6.08 Å². The Morgan fingerprint density at radius 1 is 1.18 bits per heavy atom. The van der Waals surface area contributed by atoms with Gasteiger partial charge in [0, 0.05) is 10.6 Å². The van der Waals surface area contributed by atoms with E-state index in [1.54, 1.807) is 42.5 Å². The predicted molar refractivity (Wildman–Crippen MR) is 108 cm³/mol. The number of nitrogens with one attached hydrogen (secondary N) is 1. The Kier molecular flexibility index (Phi) is 5.91. The molecule has 0 atom stereocenters. The van der Waals surface area contributed by atoms with Crippen molar-refractivity contribution in [2.24, 2.45) is 4.99 Å². The number of ether oxygens (including phenoxy) is 2. The zero-order chi connectivity index (χ0) is 20.3. The van der Waals surface area contributed by atoms with Gasteiger partial charge in [-0.25, -0.2) is 0 Å². The van der Waals surface area contributed by atoms with Gasteiger partial charge in [0.2, 0.25) is 5.75 Å². The third kappa shape index (κ3) is 4.29. The van der Waals surface area contributed by atoms with Crippen molar-refractivity contribution in [3.63, 3.8) is 0 Å². The maximum Gasteiger partial charge on any atom is 0.279 e. The van der Waals surface area contributed by atoms with Gasteiger partial charge in [0.15, 0.2) is 16.7 Å².